The van der Waals surface area contributed by atoms with Gasteiger partial charge in [0.2, 0.25) is 0 Å². The van der Waals surface area contributed by atoms with E-state index in [1.165, 1.54) is 6.21 Å². The van der Waals surface area contributed by atoms with Crippen molar-refractivity contribution in [1.29, 1.82) is 0 Å². The second-order valence-electron chi connectivity index (χ2n) is 5.52. The van der Waals surface area contributed by atoms with Crippen molar-refractivity contribution < 1.29 is 23.8 Å². The van der Waals surface area contributed by atoms with Crippen molar-refractivity contribution in [3.63, 3.8) is 0 Å². The molecule has 0 aliphatic carbocycles. The molecule has 142 valence electrons. The fourth-order valence-corrected chi connectivity index (χ4v) is 2.02. The molecule has 7 nitrogen and oxygen atoms in total. The number of rotatable bonds is 9. The topological polar surface area (TPSA) is 86.2 Å². The zero-order valence-electron chi connectivity index (χ0n) is 15.3. The molecule has 0 bridgehead atoms. The van der Waals surface area contributed by atoms with Gasteiger partial charge < -0.3 is 14.2 Å². The van der Waals surface area contributed by atoms with Gasteiger partial charge in [-0.25, -0.2) is 10.2 Å². The summed E-state index contributed by atoms with van der Waals surface area (Å²) in [6, 6.07) is 13.6. The molecule has 2 aromatic rings. The van der Waals surface area contributed by atoms with Gasteiger partial charge in [0.1, 0.15) is 11.5 Å². The number of hydrazone groups is 1. The molecule has 2 rings (SSSR count). The standard InChI is InChI=1S/C20H22N2O5/c1-3-12-26-20(24)16-6-10-18(11-7-16)27-14-19(23)22-21-13-15-4-8-17(25-2)9-5-15/h4-11,13H,3,12,14H2,1-2H3,(H,22,23)/b21-13+. The predicted molar refractivity (Wildman–Crippen MR) is 101 cm³/mol. The van der Waals surface area contributed by atoms with Gasteiger partial charge in [-0.15, -0.1) is 0 Å². The van der Waals surface area contributed by atoms with Crippen LogP contribution in [0.15, 0.2) is 53.6 Å². The van der Waals surface area contributed by atoms with Crippen LogP contribution in [0.4, 0.5) is 0 Å². The lowest BCUT2D eigenvalue weighted by atomic mass is 10.2. The van der Waals surface area contributed by atoms with E-state index in [9.17, 15) is 9.59 Å². The number of benzene rings is 2. The van der Waals surface area contributed by atoms with Crippen molar-refractivity contribution in [1.82, 2.24) is 5.43 Å². The number of carbonyl (C=O) groups is 2. The molecule has 0 aromatic heterocycles. The van der Waals surface area contributed by atoms with Crippen LogP contribution >= 0.6 is 0 Å². The minimum atomic E-state index is -0.397. The number of hydrogen-bond donors (Lipinski definition) is 1. The molecule has 0 unspecified atom stereocenters. The van der Waals surface area contributed by atoms with Crippen molar-refractivity contribution >= 4 is 18.1 Å². The molecule has 0 spiro atoms. The van der Waals surface area contributed by atoms with Gasteiger partial charge in [-0.3, -0.25) is 4.79 Å². The summed E-state index contributed by atoms with van der Waals surface area (Å²) in [6.07, 6.45) is 2.29. The highest BCUT2D eigenvalue weighted by molar-refractivity contribution is 5.89. The monoisotopic (exact) mass is 370 g/mol. The van der Waals surface area contributed by atoms with Crippen molar-refractivity contribution in [3.8, 4) is 11.5 Å². The third kappa shape index (κ3) is 6.81. The number of nitrogens with one attached hydrogen (secondary N) is 1. The lowest BCUT2D eigenvalue weighted by molar-refractivity contribution is -0.123. The minimum absolute atomic E-state index is 0.195. The van der Waals surface area contributed by atoms with Crippen LogP contribution in [0, 0.1) is 0 Å². The zero-order chi connectivity index (χ0) is 19.5. The maximum atomic E-state index is 11.8. The third-order valence-electron chi connectivity index (χ3n) is 3.42. The van der Waals surface area contributed by atoms with Crippen LogP contribution in [-0.2, 0) is 9.53 Å². The van der Waals surface area contributed by atoms with Gasteiger partial charge in [0.15, 0.2) is 6.61 Å². The highest BCUT2D eigenvalue weighted by Gasteiger charge is 2.07. The van der Waals surface area contributed by atoms with Crippen LogP contribution in [0.2, 0.25) is 0 Å². The van der Waals surface area contributed by atoms with Crippen molar-refractivity contribution in [2.75, 3.05) is 20.3 Å². The fraction of sp³-hybridized carbons (Fsp3) is 0.250. The summed E-state index contributed by atoms with van der Waals surface area (Å²) >= 11 is 0. The molecule has 2 aromatic carbocycles. The first kappa shape index (κ1) is 20.0. The third-order valence-corrected chi connectivity index (χ3v) is 3.42. The Balaban J connectivity index is 1.76. The fourth-order valence-electron chi connectivity index (χ4n) is 2.02. The Morgan fingerprint density at radius 2 is 1.70 bits per heavy atom. The van der Waals surface area contributed by atoms with E-state index in [0.717, 1.165) is 17.7 Å². The smallest absolute Gasteiger partial charge is 0.338 e. The molecule has 27 heavy (non-hydrogen) atoms. The van der Waals surface area contributed by atoms with E-state index in [0.29, 0.717) is 17.9 Å². The molecular formula is C20H22N2O5. The highest BCUT2D eigenvalue weighted by atomic mass is 16.5. The summed E-state index contributed by atoms with van der Waals surface area (Å²) in [5.74, 6) is 0.436. The largest absolute Gasteiger partial charge is 0.497 e. The number of esters is 1. The quantitative estimate of drug-likeness (QED) is 0.417. The average Bonchev–Trinajstić information content (AvgIpc) is 2.71. The minimum Gasteiger partial charge on any atom is -0.497 e. The van der Waals surface area contributed by atoms with Crippen LogP contribution in [-0.4, -0.2) is 38.4 Å². The molecule has 0 aliphatic rings. The number of amides is 1. The Bertz CT molecular complexity index is 770. The molecule has 0 saturated heterocycles. The molecule has 1 N–H and O–H groups in total. The summed E-state index contributed by atoms with van der Waals surface area (Å²) in [5.41, 5.74) is 3.64. The number of nitrogens with zero attached hydrogens (tertiary/aromatic N) is 1. The lowest BCUT2D eigenvalue weighted by Gasteiger charge is -2.06. The van der Waals surface area contributed by atoms with E-state index in [1.807, 2.05) is 19.1 Å². The van der Waals surface area contributed by atoms with E-state index in [4.69, 9.17) is 14.2 Å². The van der Waals surface area contributed by atoms with Gasteiger partial charge in [-0.2, -0.15) is 5.10 Å². The maximum absolute atomic E-state index is 11.8. The van der Waals surface area contributed by atoms with Crippen LogP contribution in [0.5, 0.6) is 11.5 Å². The molecule has 1 amide bonds. The van der Waals surface area contributed by atoms with Crippen LogP contribution in [0.1, 0.15) is 29.3 Å². The molecule has 0 aliphatic heterocycles. The van der Waals surface area contributed by atoms with Gasteiger partial charge in [0, 0.05) is 0 Å². The van der Waals surface area contributed by atoms with Crippen molar-refractivity contribution in [3.05, 3.63) is 59.7 Å². The zero-order valence-corrected chi connectivity index (χ0v) is 15.3. The van der Waals surface area contributed by atoms with E-state index < -0.39 is 5.91 Å². The molecule has 7 heteroatoms. The van der Waals surface area contributed by atoms with Crippen molar-refractivity contribution in [2.24, 2.45) is 5.10 Å². The lowest BCUT2D eigenvalue weighted by Crippen LogP contribution is -2.24. The Morgan fingerprint density at radius 1 is 1.04 bits per heavy atom. The molecule has 0 atom stereocenters. The van der Waals surface area contributed by atoms with Crippen LogP contribution in [0.3, 0.4) is 0 Å². The summed E-state index contributed by atoms with van der Waals surface area (Å²) in [4.78, 5) is 23.5. The highest BCUT2D eigenvalue weighted by Crippen LogP contribution is 2.13. The van der Waals surface area contributed by atoms with Gasteiger partial charge in [-0.05, 0) is 60.5 Å². The van der Waals surface area contributed by atoms with E-state index in [2.05, 4.69) is 10.5 Å². The van der Waals surface area contributed by atoms with Gasteiger partial charge in [-0.1, -0.05) is 6.92 Å². The first-order valence-electron chi connectivity index (χ1n) is 8.48. The summed E-state index contributed by atoms with van der Waals surface area (Å²) in [6.45, 7) is 2.12. The van der Waals surface area contributed by atoms with E-state index >= 15 is 0 Å². The Kier molecular flexibility index (Phi) is 7.84. The molecular weight excluding hydrogens is 348 g/mol. The van der Waals surface area contributed by atoms with Crippen molar-refractivity contribution in [2.45, 2.75) is 13.3 Å². The number of ether oxygens (including phenoxy) is 3. The summed E-state index contributed by atoms with van der Waals surface area (Å²) in [7, 11) is 1.59. The van der Waals surface area contributed by atoms with Gasteiger partial charge >= 0.3 is 5.97 Å². The van der Waals surface area contributed by atoms with E-state index in [-0.39, 0.29) is 12.6 Å². The van der Waals surface area contributed by atoms with Crippen LogP contribution in [0.25, 0.3) is 0 Å². The predicted octanol–water partition coefficient (Wildman–Crippen LogP) is 2.79. The maximum Gasteiger partial charge on any atom is 0.338 e. The Hall–Kier alpha value is -3.35. The number of hydrogen-bond acceptors (Lipinski definition) is 6. The Morgan fingerprint density at radius 3 is 2.33 bits per heavy atom. The van der Waals surface area contributed by atoms with Gasteiger partial charge in [0.25, 0.3) is 5.91 Å². The summed E-state index contributed by atoms with van der Waals surface area (Å²) in [5, 5.41) is 3.87. The normalized spacial score (nSPS) is 10.4. The van der Waals surface area contributed by atoms with Crippen LogP contribution < -0.4 is 14.9 Å². The second kappa shape index (κ2) is 10.6. The first-order chi connectivity index (χ1) is 13.1. The summed E-state index contributed by atoms with van der Waals surface area (Å²) < 4.78 is 15.5. The molecule has 0 fully saturated rings. The molecule has 0 heterocycles. The Labute approximate surface area is 157 Å². The molecule has 0 saturated carbocycles. The second-order valence-corrected chi connectivity index (χ2v) is 5.52. The SMILES string of the molecule is CCCOC(=O)c1ccc(OCC(=O)N/N=C/c2ccc(OC)cc2)cc1. The number of methoxy groups -OCH3 is 1. The molecule has 0 radical (unpaired) electrons. The number of carbonyl (C=O) groups excluding carboxylic acids is 2. The average molecular weight is 370 g/mol. The van der Waals surface area contributed by atoms with E-state index in [1.54, 1.807) is 43.5 Å². The first-order valence-corrected chi connectivity index (χ1v) is 8.48. The van der Waals surface area contributed by atoms with Gasteiger partial charge in [0.05, 0.1) is 25.5 Å².